The van der Waals surface area contributed by atoms with Crippen LogP contribution < -0.4 is 14.5 Å². The third kappa shape index (κ3) is 8.52. The molecular weight excluding hydrogens is 598 g/mol. The van der Waals surface area contributed by atoms with E-state index in [1.807, 2.05) is 37.9 Å². The average molecular weight is 634 g/mol. The summed E-state index contributed by atoms with van der Waals surface area (Å²) in [7, 11) is 2.25. The van der Waals surface area contributed by atoms with Gasteiger partial charge in [0.25, 0.3) is 0 Å². The van der Waals surface area contributed by atoms with Crippen LogP contribution in [0.15, 0.2) is 41.3 Å². The highest BCUT2D eigenvalue weighted by molar-refractivity contribution is 7.89. The van der Waals surface area contributed by atoms with E-state index in [0.29, 0.717) is 13.0 Å². The maximum atomic E-state index is 13.4. The second-order valence-electron chi connectivity index (χ2n) is 10.4. The molecule has 0 bridgehead atoms. The van der Waals surface area contributed by atoms with Crippen molar-refractivity contribution in [2.24, 2.45) is 0 Å². The molecule has 1 aromatic heterocycles. The molecular formula is C27H35F4N5O4S2. The number of thiazole rings is 1. The van der Waals surface area contributed by atoms with Crippen molar-refractivity contribution >= 4 is 48.4 Å². The van der Waals surface area contributed by atoms with Gasteiger partial charge in [-0.25, -0.2) is 27.3 Å². The molecule has 0 amide bonds. The van der Waals surface area contributed by atoms with Crippen molar-refractivity contribution in [3.63, 3.8) is 0 Å². The van der Waals surface area contributed by atoms with Gasteiger partial charge < -0.3 is 14.9 Å². The second-order valence-corrected chi connectivity index (χ2v) is 13.1. The highest BCUT2D eigenvalue weighted by Gasteiger charge is 2.38. The van der Waals surface area contributed by atoms with Crippen LogP contribution in [-0.4, -0.2) is 95.1 Å². The predicted octanol–water partition coefficient (Wildman–Crippen LogP) is 4.30. The zero-order chi connectivity index (χ0) is 31.4. The summed E-state index contributed by atoms with van der Waals surface area (Å²) >= 11 is 1.45. The largest absolute Gasteiger partial charge is 0.490 e. The first-order valence-electron chi connectivity index (χ1n) is 13.0. The van der Waals surface area contributed by atoms with Crippen molar-refractivity contribution in [1.82, 2.24) is 14.6 Å². The molecule has 0 radical (unpaired) electrons. The number of nitrogens with zero attached hydrogens (tertiary/aromatic N) is 4. The number of aryl methyl sites for hydroxylation is 1. The van der Waals surface area contributed by atoms with Crippen LogP contribution in [0.1, 0.15) is 18.1 Å². The number of sulfonamides is 1. The van der Waals surface area contributed by atoms with Crippen molar-refractivity contribution in [1.29, 1.82) is 0 Å². The highest BCUT2D eigenvalue weighted by Crippen LogP contribution is 2.32. The minimum absolute atomic E-state index is 0.153. The van der Waals surface area contributed by atoms with E-state index in [0.717, 1.165) is 45.3 Å². The van der Waals surface area contributed by atoms with Crippen molar-refractivity contribution in [2.75, 3.05) is 57.3 Å². The molecule has 2 heterocycles. The van der Waals surface area contributed by atoms with E-state index >= 15 is 0 Å². The van der Waals surface area contributed by atoms with Crippen molar-refractivity contribution in [3.05, 3.63) is 47.5 Å². The molecule has 2 aromatic carbocycles. The van der Waals surface area contributed by atoms with Crippen molar-refractivity contribution in [3.8, 4) is 0 Å². The third-order valence-corrected chi connectivity index (χ3v) is 9.52. The van der Waals surface area contributed by atoms with E-state index in [1.165, 1.54) is 11.3 Å². The van der Waals surface area contributed by atoms with Gasteiger partial charge in [-0.1, -0.05) is 17.4 Å². The number of hydrogen-bond acceptors (Lipinski definition) is 8. The summed E-state index contributed by atoms with van der Waals surface area (Å²) in [6, 6.07) is 10.8. The number of carbonyl (C=O) groups is 1. The number of likely N-dealkylation sites (N-methyl/N-ethyl adjacent to an activating group) is 1. The van der Waals surface area contributed by atoms with Crippen LogP contribution in [0.25, 0.3) is 10.2 Å². The Morgan fingerprint density at radius 2 is 1.88 bits per heavy atom. The first kappa shape index (κ1) is 33.5. The van der Waals surface area contributed by atoms with Crippen LogP contribution in [0, 0.1) is 6.92 Å². The number of anilines is 2. The fourth-order valence-corrected chi connectivity index (χ4v) is 6.76. The topological polar surface area (TPSA) is 106 Å². The van der Waals surface area contributed by atoms with Gasteiger partial charge in [0.05, 0.1) is 21.2 Å². The molecule has 1 aliphatic rings. The molecule has 15 heteroatoms. The van der Waals surface area contributed by atoms with E-state index in [1.54, 1.807) is 18.2 Å². The standard InChI is InChI=1S/C25H34FN5O2S2.C2HF3O2/c1-17-12-20(29(3)4)7-6-19(17)13-18(2)28-35(32,33)22-8-9-23-24(14-22)34-25(27-23)31-11-10-30(5)21(15-26)16-31;3-2(4,5)1(6)7/h6-9,12,14,18,21,28H,10-11,13,15-16H2,1-5H3;(H,6,7). The van der Waals surface area contributed by atoms with Crippen LogP contribution >= 0.6 is 11.3 Å². The number of hydrogen-bond donors (Lipinski definition) is 2. The van der Waals surface area contributed by atoms with E-state index in [4.69, 9.17) is 9.90 Å². The van der Waals surface area contributed by atoms with Gasteiger partial charge in [0, 0.05) is 45.5 Å². The Kier molecular flexibility index (Phi) is 10.8. The van der Waals surface area contributed by atoms with Gasteiger partial charge in [-0.3, -0.25) is 4.90 Å². The number of halogens is 4. The molecule has 1 aliphatic heterocycles. The number of benzene rings is 2. The number of aliphatic carboxylic acids is 1. The molecule has 0 spiro atoms. The molecule has 1 saturated heterocycles. The highest BCUT2D eigenvalue weighted by atomic mass is 32.2. The van der Waals surface area contributed by atoms with Gasteiger partial charge in [-0.15, -0.1) is 0 Å². The van der Waals surface area contributed by atoms with Crippen molar-refractivity contribution < 1.29 is 35.9 Å². The fraction of sp³-hybridized carbons (Fsp3) is 0.481. The molecule has 3 aromatic rings. The monoisotopic (exact) mass is 633 g/mol. The van der Waals surface area contributed by atoms with Gasteiger partial charge in [-0.05, 0) is 68.8 Å². The Bertz CT molecular complexity index is 1500. The smallest absolute Gasteiger partial charge is 0.475 e. The summed E-state index contributed by atoms with van der Waals surface area (Å²) in [6.07, 6.45) is -4.48. The van der Waals surface area contributed by atoms with Crippen molar-refractivity contribution in [2.45, 2.75) is 43.4 Å². The lowest BCUT2D eigenvalue weighted by molar-refractivity contribution is -0.192. The quantitative estimate of drug-likeness (QED) is 0.354. The number of carboxylic acids is 1. The summed E-state index contributed by atoms with van der Waals surface area (Å²) in [6.45, 7) is 5.65. The molecule has 2 unspecified atom stereocenters. The molecule has 2 N–H and O–H groups in total. The van der Waals surface area contributed by atoms with Gasteiger partial charge >= 0.3 is 12.1 Å². The van der Waals surface area contributed by atoms with Crippen LogP contribution in [0.2, 0.25) is 0 Å². The number of aromatic nitrogens is 1. The summed E-state index contributed by atoms with van der Waals surface area (Å²) in [4.78, 5) is 20.0. The van der Waals surface area contributed by atoms with Gasteiger partial charge in [-0.2, -0.15) is 13.2 Å². The Labute approximate surface area is 246 Å². The maximum Gasteiger partial charge on any atom is 0.490 e. The molecule has 2 atom stereocenters. The first-order valence-corrected chi connectivity index (χ1v) is 15.3. The summed E-state index contributed by atoms with van der Waals surface area (Å²) in [5.41, 5.74) is 4.13. The zero-order valence-electron chi connectivity index (χ0n) is 23.9. The summed E-state index contributed by atoms with van der Waals surface area (Å²) < 4.78 is 75.0. The molecule has 0 saturated carbocycles. The fourth-order valence-electron chi connectivity index (χ4n) is 4.37. The maximum absolute atomic E-state index is 13.4. The Balaban J connectivity index is 0.000000616. The van der Waals surface area contributed by atoms with Crippen LogP contribution in [0.4, 0.5) is 28.4 Å². The number of alkyl halides is 4. The Morgan fingerprint density at radius 3 is 2.45 bits per heavy atom. The molecule has 9 nitrogen and oxygen atoms in total. The Morgan fingerprint density at radius 1 is 1.21 bits per heavy atom. The molecule has 0 aliphatic carbocycles. The van der Waals surface area contributed by atoms with Gasteiger partial charge in [0.2, 0.25) is 10.0 Å². The number of rotatable bonds is 8. The normalized spacial score (nSPS) is 17.1. The first-order chi connectivity index (χ1) is 19.5. The number of fused-ring (bicyclic) bond motifs is 1. The SMILES string of the molecule is Cc1cc(N(C)C)ccc1CC(C)NS(=O)(=O)c1ccc2nc(N3CCN(C)C(CF)C3)sc2c1.O=C(O)C(F)(F)F. The predicted molar refractivity (Wildman–Crippen MR) is 157 cm³/mol. The number of piperazine rings is 1. The minimum atomic E-state index is -5.08. The van der Waals surface area contributed by atoms with E-state index in [9.17, 15) is 26.0 Å². The van der Waals surface area contributed by atoms with Crippen LogP contribution in [-0.2, 0) is 21.2 Å². The van der Waals surface area contributed by atoms with Crippen LogP contribution in [0.5, 0.6) is 0 Å². The van der Waals surface area contributed by atoms with E-state index < -0.39 is 28.8 Å². The summed E-state index contributed by atoms with van der Waals surface area (Å²) in [5, 5.41) is 7.93. The lowest BCUT2D eigenvalue weighted by atomic mass is 10.0. The van der Waals surface area contributed by atoms with E-state index in [-0.39, 0.29) is 17.0 Å². The molecule has 4 rings (SSSR count). The third-order valence-electron chi connectivity index (χ3n) is 6.85. The molecule has 1 fully saturated rings. The van der Waals surface area contributed by atoms with Gasteiger partial charge in [0.1, 0.15) is 6.67 Å². The average Bonchev–Trinajstić information content (AvgIpc) is 3.33. The zero-order valence-corrected chi connectivity index (χ0v) is 25.6. The van der Waals surface area contributed by atoms with Gasteiger partial charge in [0.15, 0.2) is 5.13 Å². The second kappa shape index (κ2) is 13.5. The summed E-state index contributed by atoms with van der Waals surface area (Å²) in [5.74, 6) is -2.76. The Hall–Kier alpha value is -3.01. The molecule has 232 valence electrons. The van der Waals surface area contributed by atoms with E-state index in [2.05, 4.69) is 39.7 Å². The lowest BCUT2D eigenvalue weighted by Crippen LogP contribution is -2.52. The van der Waals surface area contributed by atoms with Crippen LogP contribution in [0.3, 0.4) is 0 Å². The number of carboxylic acid groups (broad SMARTS) is 1. The minimum Gasteiger partial charge on any atom is -0.475 e. The lowest BCUT2D eigenvalue weighted by Gasteiger charge is -2.37. The number of nitrogens with one attached hydrogen (secondary N) is 1. The molecule has 42 heavy (non-hydrogen) atoms.